The molecule has 0 amide bonds. The van der Waals surface area contributed by atoms with Crippen molar-refractivity contribution < 1.29 is 0 Å². The van der Waals surface area contributed by atoms with E-state index in [2.05, 4.69) is 15.3 Å². The van der Waals surface area contributed by atoms with Gasteiger partial charge >= 0.3 is 0 Å². The van der Waals surface area contributed by atoms with E-state index in [1.807, 2.05) is 24.3 Å². The Morgan fingerprint density at radius 2 is 1.62 bits per heavy atom. The van der Waals surface area contributed by atoms with Gasteiger partial charge in [-0.1, -0.05) is 46.9 Å². The average Bonchev–Trinajstić information content (AvgIpc) is 2.46. The van der Waals surface area contributed by atoms with Crippen LogP contribution in [0.3, 0.4) is 0 Å². The zero-order valence-electron chi connectivity index (χ0n) is 10.8. The van der Waals surface area contributed by atoms with Crippen LogP contribution < -0.4 is 5.32 Å². The third kappa shape index (κ3) is 3.21. The summed E-state index contributed by atoms with van der Waals surface area (Å²) in [4.78, 5) is 8.89. The Labute approximate surface area is 136 Å². The molecule has 3 rings (SSSR count). The van der Waals surface area contributed by atoms with Crippen LogP contribution in [0.5, 0.6) is 0 Å². The Balaban J connectivity index is 1.83. The summed E-state index contributed by atoms with van der Waals surface area (Å²) in [5.74, 6) is 0. The summed E-state index contributed by atoms with van der Waals surface area (Å²) in [5.41, 5.74) is 3.15. The van der Waals surface area contributed by atoms with Gasteiger partial charge in [0.15, 0.2) is 0 Å². The standard InChI is InChI=1S/C15H10Cl3N3/c16-9-5-11(17)15(12(18)6-9)20-8-10-7-19-13-3-1-2-4-14(13)21-10/h1-7,20H,8H2. The topological polar surface area (TPSA) is 37.8 Å². The van der Waals surface area contributed by atoms with Gasteiger partial charge in [0.05, 0.1) is 45.2 Å². The number of rotatable bonds is 3. The molecule has 0 spiro atoms. The summed E-state index contributed by atoms with van der Waals surface area (Å²) in [7, 11) is 0. The highest BCUT2D eigenvalue weighted by Crippen LogP contribution is 2.33. The van der Waals surface area contributed by atoms with Crippen molar-refractivity contribution >= 4 is 51.5 Å². The first kappa shape index (κ1) is 14.4. The Bertz CT molecular complexity index is 782. The minimum atomic E-state index is 0.471. The van der Waals surface area contributed by atoms with Gasteiger partial charge in [0.25, 0.3) is 0 Å². The fourth-order valence-corrected chi connectivity index (χ4v) is 2.92. The molecule has 2 aromatic carbocycles. The second-order valence-corrected chi connectivity index (χ2v) is 5.70. The number of hydrogen-bond donors (Lipinski definition) is 1. The van der Waals surface area contributed by atoms with Crippen molar-refractivity contribution in [2.24, 2.45) is 0 Å². The first-order chi connectivity index (χ1) is 10.1. The summed E-state index contributed by atoms with van der Waals surface area (Å²) >= 11 is 18.1. The second-order valence-electron chi connectivity index (χ2n) is 4.45. The van der Waals surface area contributed by atoms with Crippen LogP contribution in [0.25, 0.3) is 11.0 Å². The Morgan fingerprint density at radius 1 is 0.952 bits per heavy atom. The SMILES string of the molecule is Clc1cc(Cl)c(NCc2cnc3ccccc3n2)c(Cl)c1. The number of hydrogen-bond acceptors (Lipinski definition) is 3. The molecule has 106 valence electrons. The predicted molar refractivity (Wildman–Crippen MR) is 88.3 cm³/mol. The molecule has 6 heteroatoms. The van der Waals surface area contributed by atoms with Gasteiger partial charge in [-0.2, -0.15) is 0 Å². The molecular weight excluding hydrogens is 329 g/mol. The smallest absolute Gasteiger partial charge is 0.0890 e. The maximum absolute atomic E-state index is 6.13. The molecule has 0 aliphatic carbocycles. The van der Waals surface area contributed by atoms with Crippen LogP contribution in [0.2, 0.25) is 15.1 Å². The van der Waals surface area contributed by atoms with Gasteiger partial charge < -0.3 is 5.32 Å². The van der Waals surface area contributed by atoms with Gasteiger partial charge in [0.2, 0.25) is 0 Å². The number of benzene rings is 2. The van der Waals surface area contributed by atoms with Crippen molar-refractivity contribution in [1.29, 1.82) is 0 Å². The summed E-state index contributed by atoms with van der Waals surface area (Å²) < 4.78 is 0. The largest absolute Gasteiger partial charge is 0.377 e. The molecule has 3 aromatic rings. The van der Waals surface area contributed by atoms with Crippen LogP contribution in [0.4, 0.5) is 5.69 Å². The second kappa shape index (κ2) is 6.06. The maximum Gasteiger partial charge on any atom is 0.0890 e. The lowest BCUT2D eigenvalue weighted by Crippen LogP contribution is -2.03. The van der Waals surface area contributed by atoms with Gasteiger partial charge in [-0.3, -0.25) is 4.98 Å². The number of para-hydroxylation sites is 2. The zero-order valence-corrected chi connectivity index (χ0v) is 13.0. The van der Waals surface area contributed by atoms with Crippen LogP contribution in [-0.2, 0) is 6.54 Å². The number of anilines is 1. The number of halogens is 3. The van der Waals surface area contributed by atoms with Crippen LogP contribution in [0, 0.1) is 0 Å². The van der Waals surface area contributed by atoms with Crippen LogP contribution in [-0.4, -0.2) is 9.97 Å². The molecule has 0 saturated carbocycles. The van der Waals surface area contributed by atoms with E-state index in [0.29, 0.717) is 27.3 Å². The van der Waals surface area contributed by atoms with Gasteiger partial charge in [-0.15, -0.1) is 0 Å². The van der Waals surface area contributed by atoms with Crippen molar-refractivity contribution in [1.82, 2.24) is 9.97 Å². The van der Waals surface area contributed by atoms with Gasteiger partial charge in [-0.05, 0) is 24.3 Å². The third-order valence-corrected chi connectivity index (χ3v) is 3.77. The molecule has 21 heavy (non-hydrogen) atoms. The van der Waals surface area contributed by atoms with E-state index >= 15 is 0 Å². The molecule has 1 N–H and O–H groups in total. The van der Waals surface area contributed by atoms with E-state index in [-0.39, 0.29) is 0 Å². The fraction of sp³-hybridized carbons (Fsp3) is 0.0667. The number of nitrogens with zero attached hydrogens (tertiary/aromatic N) is 2. The lowest BCUT2D eigenvalue weighted by Gasteiger charge is -2.10. The molecule has 0 aliphatic rings. The quantitative estimate of drug-likeness (QED) is 0.713. The van der Waals surface area contributed by atoms with E-state index in [9.17, 15) is 0 Å². The Hall–Kier alpha value is -1.55. The highest BCUT2D eigenvalue weighted by Gasteiger charge is 2.08. The average molecular weight is 339 g/mol. The zero-order chi connectivity index (χ0) is 14.8. The van der Waals surface area contributed by atoms with Crippen molar-refractivity contribution in [3.63, 3.8) is 0 Å². The van der Waals surface area contributed by atoms with E-state index in [4.69, 9.17) is 34.8 Å². The Kier molecular flexibility index (Phi) is 4.15. The van der Waals surface area contributed by atoms with E-state index in [0.717, 1.165) is 16.7 Å². The summed E-state index contributed by atoms with van der Waals surface area (Å²) in [5, 5.41) is 4.61. The molecule has 1 heterocycles. The highest BCUT2D eigenvalue weighted by molar-refractivity contribution is 6.41. The molecular formula is C15H10Cl3N3. The van der Waals surface area contributed by atoms with Crippen molar-refractivity contribution in [2.45, 2.75) is 6.54 Å². The first-order valence-corrected chi connectivity index (χ1v) is 7.36. The summed E-state index contributed by atoms with van der Waals surface area (Å²) in [6.45, 7) is 0.471. The van der Waals surface area contributed by atoms with Gasteiger partial charge in [-0.25, -0.2) is 4.98 Å². The molecule has 1 aromatic heterocycles. The first-order valence-electron chi connectivity index (χ1n) is 6.22. The van der Waals surface area contributed by atoms with Crippen molar-refractivity contribution in [3.8, 4) is 0 Å². The van der Waals surface area contributed by atoms with Gasteiger partial charge in [0.1, 0.15) is 0 Å². The van der Waals surface area contributed by atoms with E-state index < -0.39 is 0 Å². The summed E-state index contributed by atoms with van der Waals surface area (Å²) in [6, 6.07) is 11.0. The highest BCUT2D eigenvalue weighted by atomic mass is 35.5. The monoisotopic (exact) mass is 337 g/mol. The van der Waals surface area contributed by atoms with E-state index in [1.54, 1.807) is 18.3 Å². The lowest BCUT2D eigenvalue weighted by molar-refractivity contribution is 1.04. The number of fused-ring (bicyclic) bond motifs is 1. The minimum absolute atomic E-state index is 0.471. The normalized spacial score (nSPS) is 10.8. The molecule has 0 atom stereocenters. The predicted octanol–water partition coefficient (Wildman–Crippen LogP) is 5.20. The van der Waals surface area contributed by atoms with Crippen LogP contribution >= 0.6 is 34.8 Å². The molecule has 0 saturated heterocycles. The summed E-state index contributed by atoms with van der Waals surface area (Å²) in [6.07, 6.45) is 1.73. The maximum atomic E-state index is 6.13. The lowest BCUT2D eigenvalue weighted by atomic mass is 10.3. The molecule has 0 fully saturated rings. The molecule has 0 radical (unpaired) electrons. The minimum Gasteiger partial charge on any atom is -0.377 e. The molecule has 0 unspecified atom stereocenters. The van der Waals surface area contributed by atoms with Crippen LogP contribution in [0.15, 0.2) is 42.6 Å². The van der Waals surface area contributed by atoms with Crippen molar-refractivity contribution in [3.05, 3.63) is 63.4 Å². The third-order valence-electron chi connectivity index (χ3n) is 2.95. The number of nitrogens with one attached hydrogen (secondary N) is 1. The van der Waals surface area contributed by atoms with Gasteiger partial charge in [0, 0.05) is 5.02 Å². The van der Waals surface area contributed by atoms with E-state index in [1.165, 1.54) is 0 Å². The fourth-order valence-electron chi connectivity index (χ4n) is 1.97. The molecule has 0 aliphatic heterocycles. The number of aromatic nitrogens is 2. The van der Waals surface area contributed by atoms with Crippen LogP contribution in [0.1, 0.15) is 5.69 Å². The van der Waals surface area contributed by atoms with Crippen molar-refractivity contribution in [2.75, 3.05) is 5.32 Å². The Morgan fingerprint density at radius 3 is 2.33 bits per heavy atom. The molecule has 3 nitrogen and oxygen atoms in total. The molecule has 0 bridgehead atoms.